The fourth-order valence-electron chi connectivity index (χ4n) is 2.51. The molecule has 1 heterocycles. The summed E-state index contributed by atoms with van der Waals surface area (Å²) in [4.78, 5) is 14.3. The average Bonchev–Trinajstić information content (AvgIpc) is 2.42. The largest absolute Gasteiger partial charge is 0.340 e. The van der Waals surface area contributed by atoms with E-state index in [2.05, 4.69) is 27.9 Å². The number of nitrogens with one attached hydrogen (secondary N) is 1. The second-order valence-electron chi connectivity index (χ2n) is 5.27. The summed E-state index contributed by atoms with van der Waals surface area (Å²) in [7, 11) is 1.90. The van der Waals surface area contributed by atoms with Crippen LogP contribution in [0.2, 0.25) is 0 Å². The Kier molecular flexibility index (Phi) is 5.21. The van der Waals surface area contributed by atoms with Crippen molar-refractivity contribution in [2.45, 2.75) is 32.2 Å². The molecule has 2 rings (SSSR count). The molecule has 104 valence electrons. The van der Waals surface area contributed by atoms with Crippen LogP contribution in [0.3, 0.4) is 0 Å². The predicted octanol–water partition coefficient (Wildman–Crippen LogP) is 2.81. The summed E-state index contributed by atoms with van der Waals surface area (Å²) in [5, 5.41) is 3.49. The van der Waals surface area contributed by atoms with Gasteiger partial charge in [0.25, 0.3) is 5.91 Å². The van der Waals surface area contributed by atoms with Crippen LogP contribution in [0.15, 0.2) is 18.2 Å². The quantitative estimate of drug-likeness (QED) is 0.828. The van der Waals surface area contributed by atoms with E-state index in [0.717, 1.165) is 27.8 Å². The highest BCUT2D eigenvalue weighted by Gasteiger charge is 2.20. The lowest BCUT2D eigenvalue weighted by Crippen LogP contribution is -2.44. The Morgan fingerprint density at radius 3 is 2.95 bits per heavy atom. The molecule has 0 aliphatic carbocycles. The van der Waals surface area contributed by atoms with Gasteiger partial charge in [-0.1, -0.05) is 18.6 Å². The van der Waals surface area contributed by atoms with E-state index in [-0.39, 0.29) is 5.91 Å². The first-order valence-corrected chi connectivity index (χ1v) is 7.91. The second kappa shape index (κ2) is 6.70. The van der Waals surface area contributed by atoms with E-state index in [0.29, 0.717) is 6.04 Å². The van der Waals surface area contributed by atoms with Gasteiger partial charge in [0.2, 0.25) is 0 Å². The van der Waals surface area contributed by atoms with E-state index < -0.39 is 0 Å². The zero-order valence-electron chi connectivity index (χ0n) is 11.6. The van der Waals surface area contributed by atoms with Crippen LogP contribution in [0, 0.1) is 10.5 Å². The first kappa shape index (κ1) is 14.8. The second-order valence-corrected chi connectivity index (χ2v) is 6.35. The van der Waals surface area contributed by atoms with Gasteiger partial charge >= 0.3 is 0 Å². The first-order valence-electron chi connectivity index (χ1n) is 6.83. The smallest absolute Gasteiger partial charge is 0.254 e. The summed E-state index contributed by atoms with van der Waals surface area (Å²) in [6, 6.07) is 6.37. The van der Waals surface area contributed by atoms with E-state index in [1.165, 1.54) is 19.3 Å². The molecular formula is C15H21IN2O. The molecule has 4 heteroatoms. The minimum absolute atomic E-state index is 0.125. The average molecular weight is 372 g/mol. The predicted molar refractivity (Wildman–Crippen MR) is 86.5 cm³/mol. The Labute approximate surface area is 128 Å². The lowest BCUT2D eigenvalue weighted by molar-refractivity contribution is 0.0774. The number of aryl methyl sites for hydroxylation is 1. The Morgan fingerprint density at radius 1 is 1.47 bits per heavy atom. The Hall–Kier alpha value is -0.620. The number of rotatable bonds is 3. The zero-order chi connectivity index (χ0) is 13.8. The minimum Gasteiger partial charge on any atom is -0.340 e. The molecule has 19 heavy (non-hydrogen) atoms. The lowest BCUT2D eigenvalue weighted by atomic mass is 10.0. The summed E-state index contributed by atoms with van der Waals surface area (Å²) in [5.74, 6) is 0.125. The van der Waals surface area contributed by atoms with Gasteiger partial charge in [-0.15, -0.1) is 0 Å². The summed E-state index contributed by atoms with van der Waals surface area (Å²) >= 11 is 2.26. The van der Waals surface area contributed by atoms with Crippen LogP contribution >= 0.6 is 22.6 Å². The molecule has 1 fully saturated rings. The molecule has 0 bridgehead atoms. The summed E-state index contributed by atoms with van der Waals surface area (Å²) in [6.45, 7) is 3.92. The highest BCUT2D eigenvalue weighted by molar-refractivity contribution is 14.1. The summed E-state index contributed by atoms with van der Waals surface area (Å²) < 4.78 is 1.06. The van der Waals surface area contributed by atoms with Crippen molar-refractivity contribution in [2.75, 3.05) is 20.1 Å². The number of benzene rings is 1. The first-order chi connectivity index (χ1) is 9.09. The number of nitrogens with zero attached hydrogens (tertiary/aromatic N) is 1. The number of carbonyl (C=O) groups is 1. The van der Waals surface area contributed by atoms with E-state index in [1.54, 1.807) is 0 Å². The zero-order valence-corrected chi connectivity index (χ0v) is 13.7. The SMILES string of the molecule is Cc1cccc(C(=O)N(C)CC2CCCCN2)c1I. The highest BCUT2D eigenvalue weighted by Crippen LogP contribution is 2.18. The van der Waals surface area contributed by atoms with Crippen molar-refractivity contribution in [3.05, 3.63) is 32.9 Å². The molecule has 1 amide bonds. The molecule has 1 aromatic carbocycles. The summed E-state index contributed by atoms with van der Waals surface area (Å²) in [6.07, 6.45) is 3.69. The Morgan fingerprint density at radius 2 is 2.26 bits per heavy atom. The molecule has 1 aromatic rings. The van der Waals surface area contributed by atoms with E-state index >= 15 is 0 Å². The van der Waals surface area contributed by atoms with Gasteiger partial charge in [-0.25, -0.2) is 0 Å². The van der Waals surface area contributed by atoms with Gasteiger partial charge in [-0.2, -0.15) is 0 Å². The van der Waals surface area contributed by atoms with Crippen molar-refractivity contribution in [3.63, 3.8) is 0 Å². The lowest BCUT2D eigenvalue weighted by Gasteiger charge is -2.28. The fraction of sp³-hybridized carbons (Fsp3) is 0.533. The van der Waals surface area contributed by atoms with Gasteiger partial charge in [-0.3, -0.25) is 4.79 Å². The van der Waals surface area contributed by atoms with E-state index in [1.807, 2.05) is 37.1 Å². The van der Waals surface area contributed by atoms with Crippen LogP contribution in [-0.4, -0.2) is 37.0 Å². The molecule has 1 aliphatic rings. The molecule has 1 unspecified atom stereocenters. The molecule has 1 aliphatic heterocycles. The molecule has 1 N–H and O–H groups in total. The van der Waals surface area contributed by atoms with Crippen molar-refractivity contribution in [1.82, 2.24) is 10.2 Å². The number of amides is 1. The van der Waals surface area contributed by atoms with E-state index in [4.69, 9.17) is 0 Å². The van der Waals surface area contributed by atoms with Crippen LogP contribution < -0.4 is 5.32 Å². The number of halogens is 1. The molecule has 1 saturated heterocycles. The van der Waals surface area contributed by atoms with Crippen LogP contribution in [-0.2, 0) is 0 Å². The van der Waals surface area contributed by atoms with Crippen molar-refractivity contribution in [3.8, 4) is 0 Å². The van der Waals surface area contributed by atoms with Gasteiger partial charge in [0, 0.05) is 23.2 Å². The Bertz CT molecular complexity index is 455. The number of piperidine rings is 1. The van der Waals surface area contributed by atoms with E-state index in [9.17, 15) is 4.79 Å². The molecule has 1 atom stereocenters. The van der Waals surface area contributed by atoms with Crippen molar-refractivity contribution < 1.29 is 4.79 Å². The molecule has 0 radical (unpaired) electrons. The minimum atomic E-state index is 0.125. The normalized spacial score (nSPS) is 19.2. The van der Waals surface area contributed by atoms with Gasteiger partial charge in [0.1, 0.15) is 0 Å². The molecule has 0 spiro atoms. The molecule has 3 nitrogen and oxygen atoms in total. The number of hydrogen-bond acceptors (Lipinski definition) is 2. The highest BCUT2D eigenvalue weighted by atomic mass is 127. The van der Waals surface area contributed by atoms with Crippen molar-refractivity contribution in [1.29, 1.82) is 0 Å². The molecular weight excluding hydrogens is 351 g/mol. The van der Waals surface area contributed by atoms with Crippen molar-refractivity contribution in [2.24, 2.45) is 0 Å². The monoisotopic (exact) mass is 372 g/mol. The number of likely N-dealkylation sites (N-methyl/N-ethyl adjacent to an activating group) is 1. The van der Waals surface area contributed by atoms with Crippen LogP contribution in [0.1, 0.15) is 35.2 Å². The van der Waals surface area contributed by atoms with Crippen LogP contribution in [0.5, 0.6) is 0 Å². The molecule has 0 aromatic heterocycles. The third-order valence-corrected chi connectivity index (χ3v) is 5.11. The number of carbonyl (C=O) groups excluding carboxylic acids is 1. The Balaban J connectivity index is 2.03. The summed E-state index contributed by atoms with van der Waals surface area (Å²) in [5.41, 5.74) is 1.98. The standard InChI is InChI=1S/C15H21IN2O/c1-11-6-5-8-13(14(11)16)15(19)18(2)10-12-7-3-4-9-17-12/h5-6,8,12,17H,3-4,7,9-10H2,1-2H3. The maximum Gasteiger partial charge on any atom is 0.254 e. The maximum atomic E-state index is 12.5. The van der Waals surface area contributed by atoms with Crippen LogP contribution in [0.4, 0.5) is 0 Å². The van der Waals surface area contributed by atoms with Crippen LogP contribution in [0.25, 0.3) is 0 Å². The molecule has 0 saturated carbocycles. The fourth-order valence-corrected chi connectivity index (χ4v) is 3.10. The maximum absolute atomic E-state index is 12.5. The van der Waals surface area contributed by atoms with Gasteiger partial charge in [-0.05, 0) is 60.5 Å². The van der Waals surface area contributed by atoms with Gasteiger partial charge < -0.3 is 10.2 Å². The van der Waals surface area contributed by atoms with Gasteiger partial charge in [0.15, 0.2) is 0 Å². The van der Waals surface area contributed by atoms with Gasteiger partial charge in [0.05, 0.1) is 5.56 Å². The third kappa shape index (κ3) is 3.69. The topological polar surface area (TPSA) is 32.3 Å². The third-order valence-electron chi connectivity index (χ3n) is 3.68. The number of hydrogen-bond donors (Lipinski definition) is 1. The van der Waals surface area contributed by atoms with Crippen molar-refractivity contribution >= 4 is 28.5 Å².